The van der Waals surface area contributed by atoms with E-state index in [9.17, 15) is 35.9 Å². The second-order valence-electron chi connectivity index (χ2n) is 9.65. The summed E-state index contributed by atoms with van der Waals surface area (Å²) < 4.78 is 72.0. The van der Waals surface area contributed by atoms with Gasteiger partial charge in [-0.05, 0) is 25.0 Å². The van der Waals surface area contributed by atoms with Crippen molar-refractivity contribution < 1.29 is 60.5 Å². The van der Waals surface area contributed by atoms with E-state index in [2.05, 4.69) is 14.5 Å². The summed E-state index contributed by atoms with van der Waals surface area (Å²) in [5, 5.41) is 14.2. The van der Waals surface area contributed by atoms with Gasteiger partial charge in [-0.15, -0.1) is 0 Å². The number of nitrogens with zero attached hydrogens (tertiary/aromatic N) is 5. The molecule has 2 saturated heterocycles. The fraction of sp³-hybridized carbons (Fsp3) is 0.520. The van der Waals surface area contributed by atoms with Gasteiger partial charge in [0.1, 0.15) is 17.1 Å². The predicted octanol–water partition coefficient (Wildman–Crippen LogP) is 2.70. The summed E-state index contributed by atoms with van der Waals surface area (Å²) in [4.78, 5) is 56.0. The third-order valence-corrected chi connectivity index (χ3v) is 6.77. The van der Waals surface area contributed by atoms with Crippen molar-refractivity contribution in [1.82, 2.24) is 24.3 Å². The number of imidazole rings is 1. The molecule has 1 unspecified atom stereocenters. The van der Waals surface area contributed by atoms with E-state index in [1.807, 2.05) is 22.1 Å². The normalized spacial score (nSPS) is 19.3. The van der Waals surface area contributed by atoms with Crippen molar-refractivity contribution in [3.63, 3.8) is 0 Å². The first-order valence-corrected chi connectivity index (χ1v) is 12.8. The second kappa shape index (κ2) is 13.4. The quantitative estimate of drug-likeness (QED) is 0.481. The van der Waals surface area contributed by atoms with Gasteiger partial charge in [-0.2, -0.15) is 26.3 Å². The second-order valence-corrected chi connectivity index (χ2v) is 9.65. The zero-order valence-corrected chi connectivity index (χ0v) is 22.3. The van der Waals surface area contributed by atoms with Gasteiger partial charge in [0, 0.05) is 57.6 Å². The summed E-state index contributed by atoms with van der Waals surface area (Å²) in [6.07, 6.45) is -1.97. The molecule has 0 bridgehead atoms. The Balaban J connectivity index is 0.000000303. The van der Waals surface area contributed by atoms with E-state index in [0.29, 0.717) is 38.2 Å². The lowest BCUT2D eigenvalue weighted by atomic mass is 9.88. The van der Waals surface area contributed by atoms with E-state index < -0.39 is 36.0 Å². The first-order valence-electron chi connectivity index (χ1n) is 12.8. The van der Waals surface area contributed by atoms with Crippen molar-refractivity contribution in [3.8, 4) is 0 Å². The van der Waals surface area contributed by atoms with Crippen LogP contribution in [0, 0.1) is 0 Å². The van der Waals surface area contributed by atoms with E-state index in [-0.39, 0.29) is 11.8 Å². The number of halogens is 6. The predicted molar refractivity (Wildman–Crippen MR) is 131 cm³/mol. The maximum absolute atomic E-state index is 13.0. The van der Waals surface area contributed by atoms with E-state index in [1.165, 1.54) is 0 Å². The molecule has 18 heteroatoms. The van der Waals surface area contributed by atoms with Gasteiger partial charge in [0.25, 0.3) is 11.8 Å². The number of hydrogen-bond donors (Lipinski definition) is 2. The van der Waals surface area contributed by atoms with Gasteiger partial charge >= 0.3 is 24.3 Å². The maximum Gasteiger partial charge on any atom is 0.490 e. The Bertz CT molecular complexity index is 1260. The Morgan fingerprint density at radius 2 is 1.40 bits per heavy atom. The number of aromatic nitrogens is 3. The van der Waals surface area contributed by atoms with E-state index in [1.54, 1.807) is 24.5 Å². The number of pyridine rings is 1. The molecule has 0 saturated carbocycles. The van der Waals surface area contributed by atoms with Gasteiger partial charge in [0.15, 0.2) is 6.10 Å². The van der Waals surface area contributed by atoms with Gasteiger partial charge in [-0.25, -0.2) is 14.6 Å². The van der Waals surface area contributed by atoms with Crippen LogP contribution in [-0.4, -0.2) is 103 Å². The Labute approximate surface area is 239 Å². The first kappa shape index (κ1) is 33.3. The van der Waals surface area contributed by atoms with Crippen molar-refractivity contribution >= 4 is 23.8 Å². The highest BCUT2D eigenvalue weighted by molar-refractivity contribution is 5.92. The molecular weight excluding hydrogens is 596 g/mol. The molecule has 0 radical (unpaired) electrons. The minimum Gasteiger partial charge on any atom is -0.475 e. The minimum atomic E-state index is -5.08. The largest absolute Gasteiger partial charge is 0.490 e. The van der Waals surface area contributed by atoms with E-state index in [4.69, 9.17) is 24.5 Å². The number of rotatable bonds is 2. The highest BCUT2D eigenvalue weighted by Gasteiger charge is 2.48. The minimum absolute atomic E-state index is 0.0655. The molecule has 43 heavy (non-hydrogen) atoms. The molecule has 2 aromatic heterocycles. The SMILES string of the molecule is O=C(O)C(F)(F)F.O=C(O)C(F)(F)F.O=C(c1ccccn1)N1CCC2(CC1)OC(C(=O)N1CCCC1)Cn1ccnc12. The van der Waals surface area contributed by atoms with Crippen LogP contribution in [0.4, 0.5) is 26.3 Å². The summed E-state index contributed by atoms with van der Waals surface area (Å²) in [6, 6.07) is 5.36. The number of carbonyl (C=O) groups excluding carboxylic acids is 2. The van der Waals surface area contributed by atoms with Crippen LogP contribution in [0.25, 0.3) is 0 Å². The molecule has 1 spiro atoms. The lowest BCUT2D eigenvalue weighted by Gasteiger charge is -2.45. The van der Waals surface area contributed by atoms with Crippen LogP contribution in [0.15, 0.2) is 36.8 Å². The van der Waals surface area contributed by atoms with Gasteiger partial charge in [0.2, 0.25) is 0 Å². The van der Waals surface area contributed by atoms with Crippen LogP contribution < -0.4 is 0 Å². The molecule has 3 aliphatic rings. The summed E-state index contributed by atoms with van der Waals surface area (Å²) in [5.41, 5.74) is -0.167. The number of alkyl halides is 6. The Hall–Kier alpha value is -4.22. The lowest BCUT2D eigenvalue weighted by Crippen LogP contribution is -2.55. The van der Waals surface area contributed by atoms with E-state index >= 15 is 0 Å². The van der Waals surface area contributed by atoms with Crippen LogP contribution >= 0.6 is 0 Å². The van der Waals surface area contributed by atoms with Crippen molar-refractivity contribution in [2.75, 3.05) is 26.2 Å². The molecule has 1 atom stereocenters. The number of carboxylic acids is 2. The fourth-order valence-corrected chi connectivity index (χ4v) is 4.73. The monoisotopic (exact) mass is 623 g/mol. The average molecular weight is 624 g/mol. The molecule has 5 heterocycles. The number of fused-ring (bicyclic) bond motifs is 2. The smallest absolute Gasteiger partial charge is 0.475 e. The van der Waals surface area contributed by atoms with Gasteiger partial charge in [0.05, 0.1) is 6.54 Å². The van der Waals surface area contributed by atoms with Crippen LogP contribution in [-0.2, 0) is 31.3 Å². The number of likely N-dealkylation sites (tertiary alicyclic amines) is 2. The summed E-state index contributed by atoms with van der Waals surface area (Å²) in [7, 11) is 0. The van der Waals surface area contributed by atoms with Gasteiger partial charge < -0.3 is 29.3 Å². The number of piperidine rings is 1. The average Bonchev–Trinajstić information content (AvgIpc) is 3.66. The Morgan fingerprint density at radius 1 is 0.837 bits per heavy atom. The number of aliphatic carboxylic acids is 2. The number of hydrogen-bond acceptors (Lipinski definition) is 7. The molecular formula is C25H27F6N5O7. The molecule has 2 amide bonds. The number of carboxylic acid groups (broad SMARTS) is 2. The zero-order chi connectivity index (χ0) is 32.0. The molecule has 5 rings (SSSR count). The zero-order valence-electron chi connectivity index (χ0n) is 22.3. The highest BCUT2D eigenvalue weighted by atomic mass is 19.4. The van der Waals surface area contributed by atoms with Crippen molar-refractivity contribution in [1.29, 1.82) is 0 Å². The molecule has 2 aromatic rings. The Kier molecular flexibility index (Phi) is 10.4. The standard InChI is InChI=1S/C21H25N5O3.2C2HF3O2/c27-18(16-5-1-2-8-22-16)25-12-6-21(7-13-25)20-23-9-14-26(20)15-17(29-21)19(28)24-10-3-4-11-24;2*3-2(4,5)1(6)7/h1-2,5,8-9,14,17H,3-4,6-7,10-13,15H2;2*(H,6,7). The van der Waals surface area contributed by atoms with Crippen molar-refractivity contribution in [3.05, 3.63) is 48.3 Å². The van der Waals surface area contributed by atoms with Crippen molar-refractivity contribution in [2.24, 2.45) is 0 Å². The van der Waals surface area contributed by atoms with Crippen LogP contribution in [0.5, 0.6) is 0 Å². The fourth-order valence-electron chi connectivity index (χ4n) is 4.73. The van der Waals surface area contributed by atoms with Crippen molar-refractivity contribution in [2.45, 2.75) is 56.3 Å². The van der Waals surface area contributed by atoms with Crippen LogP contribution in [0.2, 0.25) is 0 Å². The maximum atomic E-state index is 13.0. The van der Waals surface area contributed by atoms with Gasteiger partial charge in [-0.1, -0.05) is 6.07 Å². The molecule has 0 aliphatic carbocycles. The Morgan fingerprint density at radius 3 is 1.88 bits per heavy atom. The topological polar surface area (TPSA) is 155 Å². The lowest BCUT2D eigenvalue weighted by molar-refractivity contribution is -0.193. The third kappa shape index (κ3) is 8.42. The molecule has 2 N–H and O–H groups in total. The molecule has 2 fully saturated rings. The molecule has 3 aliphatic heterocycles. The van der Waals surface area contributed by atoms with Crippen LogP contribution in [0.3, 0.4) is 0 Å². The summed E-state index contributed by atoms with van der Waals surface area (Å²) in [6.45, 7) is 3.23. The molecule has 236 valence electrons. The molecule has 12 nitrogen and oxygen atoms in total. The summed E-state index contributed by atoms with van der Waals surface area (Å²) >= 11 is 0. The summed E-state index contributed by atoms with van der Waals surface area (Å²) in [5.74, 6) is -4.63. The first-order chi connectivity index (χ1) is 20.0. The number of ether oxygens (including phenoxy) is 1. The highest BCUT2D eigenvalue weighted by Crippen LogP contribution is 2.40. The van der Waals surface area contributed by atoms with Crippen LogP contribution in [0.1, 0.15) is 42.0 Å². The van der Waals surface area contributed by atoms with E-state index in [0.717, 1.165) is 31.8 Å². The number of carbonyl (C=O) groups is 4. The third-order valence-electron chi connectivity index (χ3n) is 6.77. The van der Waals surface area contributed by atoms with Gasteiger partial charge in [-0.3, -0.25) is 14.6 Å². The molecule has 0 aromatic carbocycles. The number of amides is 2.